The molecule has 1 aliphatic heterocycles. The van der Waals surface area contributed by atoms with Gasteiger partial charge in [0.25, 0.3) is 0 Å². The minimum Gasteiger partial charge on any atom is -0.497 e. The second-order valence-electron chi connectivity index (χ2n) is 7.26. The fraction of sp³-hybridized carbons (Fsp3) is 0.217. The first-order valence-corrected chi connectivity index (χ1v) is 12.7. The molecule has 0 radical (unpaired) electrons. The lowest BCUT2D eigenvalue weighted by Gasteiger charge is -2.16. The molecule has 4 rings (SSSR count). The molecule has 33 heavy (non-hydrogen) atoms. The lowest BCUT2D eigenvalue weighted by atomic mass is 10.1. The Labute approximate surface area is 196 Å². The average Bonchev–Trinajstić information content (AvgIpc) is 3.43. The van der Waals surface area contributed by atoms with Gasteiger partial charge in [0.05, 0.1) is 31.4 Å². The first kappa shape index (κ1) is 22.8. The fourth-order valence-electron chi connectivity index (χ4n) is 3.47. The Morgan fingerprint density at radius 3 is 2.61 bits per heavy atom. The topological polar surface area (TPSA) is 97.8 Å². The molecule has 1 saturated heterocycles. The molecule has 1 aromatic heterocycles. The highest BCUT2D eigenvalue weighted by molar-refractivity contribution is 7.93. The Morgan fingerprint density at radius 2 is 1.94 bits per heavy atom. The van der Waals surface area contributed by atoms with E-state index in [2.05, 4.69) is 10.3 Å². The highest BCUT2D eigenvalue weighted by Crippen LogP contribution is 2.35. The van der Waals surface area contributed by atoms with Crippen LogP contribution in [0.15, 0.2) is 53.9 Å². The maximum Gasteiger partial charge on any atom is 0.250 e. The number of thiazole rings is 1. The van der Waals surface area contributed by atoms with Crippen LogP contribution in [0.3, 0.4) is 0 Å². The number of nitrogens with one attached hydrogen (secondary N) is 1. The first-order chi connectivity index (χ1) is 15.9. The molecule has 1 fully saturated rings. The van der Waals surface area contributed by atoms with Crippen LogP contribution >= 0.6 is 11.3 Å². The van der Waals surface area contributed by atoms with Crippen molar-refractivity contribution in [3.05, 3.63) is 59.5 Å². The van der Waals surface area contributed by atoms with Crippen molar-refractivity contribution in [2.45, 2.75) is 6.42 Å². The van der Waals surface area contributed by atoms with Crippen molar-refractivity contribution in [1.29, 1.82) is 0 Å². The van der Waals surface area contributed by atoms with Crippen LogP contribution in [0.25, 0.3) is 17.3 Å². The minimum absolute atomic E-state index is 0.178. The van der Waals surface area contributed by atoms with Gasteiger partial charge in [-0.3, -0.25) is 14.4 Å². The summed E-state index contributed by atoms with van der Waals surface area (Å²) in [5.74, 6) is 1.20. The zero-order valence-electron chi connectivity index (χ0n) is 18.1. The summed E-state index contributed by atoms with van der Waals surface area (Å²) in [5.41, 5.74) is 2.86. The van der Waals surface area contributed by atoms with E-state index in [4.69, 9.17) is 9.47 Å². The van der Waals surface area contributed by atoms with Crippen molar-refractivity contribution in [2.75, 3.05) is 36.1 Å². The molecule has 1 amide bonds. The molecule has 8 nitrogen and oxygen atoms in total. The van der Waals surface area contributed by atoms with E-state index in [9.17, 15) is 13.2 Å². The number of nitrogens with zero attached hydrogens (tertiary/aromatic N) is 2. The number of carbonyl (C=O) groups excluding carboxylic acids is 1. The van der Waals surface area contributed by atoms with Gasteiger partial charge in [-0.2, -0.15) is 0 Å². The predicted octanol–water partition coefficient (Wildman–Crippen LogP) is 4.02. The van der Waals surface area contributed by atoms with Crippen molar-refractivity contribution in [1.82, 2.24) is 4.98 Å². The number of benzene rings is 2. The van der Waals surface area contributed by atoms with Gasteiger partial charge in [-0.15, -0.1) is 11.3 Å². The van der Waals surface area contributed by atoms with E-state index in [1.54, 1.807) is 56.7 Å². The fourth-order valence-corrected chi connectivity index (χ4v) is 5.75. The summed E-state index contributed by atoms with van der Waals surface area (Å²) >= 11 is 1.31. The molecule has 0 bridgehead atoms. The molecule has 2 aromatic carbocycles. The maximum absolute atomic E-state index is 12.4. The van der Waals surface area contributed by atoms with Gasteiger partial charge < -0.3 is 9.47 Å². The lowest BCUT2D eigenvalue weighted by Crippen LogP contribution is -2.24. The van der Waals surface area contributed by atoms with Crippen LogP contribution in [0.5, 0.6) is 11.5 Å². The summed E-state index contributed by atoms with van der Waals surface area (Å²) < 4.78 is 36.2. The van der Waals surface area contributed by atoms with E-state index >= 15 is 0 Å². The summed E-state index contributed by atoms with van der Waals surface area (Å²) in [5, 5.41) is 5.05. The number of carbonyl (C=O) groups is 1. The standard InChI is InChI=1S/C23H23N3O5S2/c1-30-18-9-10-21(31-2)19(14-18)20-15-32-23(24-20)25-22(27)11-6-16-4-7-17(8-5-16)26-12-3-13-33(26,28)29/h4-11,14-15H,3,12-13H2,1-2H3,(H,24,25,27)/b11-6+. The van der Waals surface area contributed by atoms with Gasteiger partial charge in [-0.05, 0) is 48.4 Å². The molecule has 0 spiro atoms. The molecule has 1 aliphatic rings. The number of aromatic nitrogens is 1. The number of hydrogen-bond donors (Lipinski definition) is 1. The Hall–Kier alpha value is -3.37. The van der Waals surface area contributed by atoms with Gasteiger partial charge in [-0.1, -0.05) is 12.1 Å². The molecule has 10 heteroatoms. The van der Waals surface area contributed by atoms with Crippen LogP contribution in [-0.2, 0) is 14.8 Å². The zero-order chi connectivity index (χ0) is 23.4. The normalized spacial score (nSPS) is 15.0. The van der Waals surface area contributed by atoms with Gasteiger partial charge in [0, 0.05) is 23.6 Å². The van der Waals surface area contributed by atoms with E-state index in [1.807, 2.05) is 11.4 Å². The number of hydrogen-bond acceptors (Lipinski definition) is 7. The predicted molar refractivity (Wildman–Crippen MR) is 131 cm³/mol. The Balaban J connectivity index is 1.41. The molecule has 3 aromatic rings. The zero-order valence-corrected chi connectivity index (χ0v) is 19.8. The number of sulfonamides is 1. The maximum atomic E-state index is 12.4. The molecule has 2 heterocycles. The second kappa shape index (κ2) is 9.63. The molecular weight excluding hydrogens is 462 g/mol. The minimum atomic E-state index is -3.21. The highest BCUT2D eigenvalue weighted by Gasteiger charge is 2.28. The van der Waals surface area contributed by atoms with Crippen LogP contribution in [0.2, 0.25) is 0 Å². The van der Waals surface area contributed by atoms with E-state index in [0.29, 0.717) is 41.0 Å². The number of amides is 1. The van der Waals surface area contributed by atoms with Gasteiger partial charge >= 0.3 is 0 Å². The third-order valence-electron chi connectivity index (χ3n) is 5.12. The summed E-state index contributed by atoms with van der Waals surface area (Å²) in [6.07, 6.45) is 3.71. The Morgan fingerprint density at radius 1 is 1.15 bits per heavy atom. The quantitative estimate of drug-likeness (QED) is 0.508. The van der Waals surface area contributed by atoms with Gasteiger partial charge in [0.2, 0.25) is 15.9 Å². The van der Waals surface area contributed by atoms with Crippen LogP contribution in [0, 0.1) is 0 Å². The third-order valence-corrected chi connectivity index (χ3v) is 7.75. The highest BCUT2D eigenvalue weighted by atomic mass is 32.2. The molecule has 172 valence electrons. The molecule has 1 N–H and O–H groups in total. The number of ether oxygens (including phenoxy) is 2. The van der Waals surface area contributed by atoms with Crippen LogP contribution in [0.1, 0.15) is 12.0 Å². The van der Waals surface area contributed by atoms with Gasteiger partial charge in [-0.25, -0.2) is 13.4 Å². The number of anilines is 2. The molecule has 0 unspecified atom stereocenters. The SMILES string of the molecule is COc1ccc(OC)c(-c2csc(NC(=O)/C=C/c3ccc(N4CCCS4(=O)=O)cc3)n2)c1. The summed E-state index contributed by atoms with van der Waals surface area (Å²) in [7, 11) is -0.0346. The van der Waals surface area contributed by atoms with Crippen molar-refractivity contribution in [3.8, 4) is 22.8 Å². The number of methoxy groups -OCH3 is 2. The summed E-state index contributed by atoms with van der Waals surface area (Å²) in [4.78, 5) is 16.8. The first-order valence-electron chi connectivity index (χ1n) is 10.2. The van der Waals surface area contributed by atoms with Crippen molar-refractivity contribution in [3.63, 3.8) is 0 Å². The summed E-state index contributed by atoms with van der Waals surface area (Å²) in [6, 6.07) is 12.5. The second-order valence-corrected chi connectivity index (χ2v) is 10.1. The molecular formula is C23H23N3O5S2. The van der Waals surface area contributed by atoms with Crippen LogP contribution in [0.4, 0.5) is 10.8 Å². The van der Waals surface area contributed by atoms with E-state index in [1.165, 1.54) is 21.7 Å². The Kier molecular flexibility index (Phi) is 6.66. The summed E-state index contributed by atoms with van der Waals surface area (Å²) in [6.45, 7) is 0.497. The average molecular weight is 486 g/mol. The van der Waals surface area contributed by atoms with Crippen LogP contribution in [-0.4, -0.2) is 45.8 Å². The third kappa shape index (κ3) is 5.18. The van der Waals surface area contributed by atoms with Crippen LogP contribution < -0.4 is 19.1 Å². The molecule has 0 atom stereocenters. The largest absolute Gasteiger partial charge is 0.497 e. The van der Waals surface area contributed by atoms with E-state index in [-0.39, 0.29) is 11.7 Å². The van der Waals surface area contributed by atoms with E-state index in [0.717, 1.165) is 11.1 Å². The van der Waals surface area contributed by atoms with Gasteiger partial charge in [0.15, 0.2) is 5.13 Å². The molecule has 0 saturated carbocycles. The van der Waals surface area contributed by atoms with E-state index < -0.39 is 10.0 Å². The monoisotopic (exact) mass is 485 g/mol. The van der Waals surface area contributed by atoms with Crippen molar-refractivity contribution < 1.29 is 22.7 Å². The lowest BCUT2D eigenvalue weighted by molar-refractivity contribution is -0.111. The Bertz CT molecular complexity index is 1280. The smallest absolute Gasteiger partial charge is 0.250 e. The number of rotatable bonds is 7. The van der Waals surface area contributed by atoms with Crippen molar-refractivity contribution in [2.24, 2.45) is 0 Å². The van der Waals surface area contributed by atoms with Crippen molar-refractivity contribution >= 4 is 44.2 Å². The van der Waals surface area contributed by atoms with Gasteiger partial charge in [0.1, 0.15) is 11.5 Å². The molecule has 0 aliphatic carbocycles.